The minimum atomic E-state index is -0.605. The minimum Gasteiger partial charge on any atom is -0.384 e. The number of aromatic nitrogens is 1. The molecule has 2 rings (SSSR count). The Balaban J connectivity index is 2.27. The first-order chi connectivity index (χ1) is 8.99. The Morgan fingerprint density at radius 2 is 2.16 bits per heavy atom. The van der Waals surface area contributed by atoms with Gasteiger partial charge in [0.1, 0.15) is 17.6 Å². The Kier molecular flexibility index (Phi) is 3.64. The molecule has 0 spiro atoms. The SMILES string of the molecule is CC1CCN(C(=O)c2cc(N)ncc2[N+](=O)[O-])CC1. The lowest BCUT2D eigenvalue weighted by atomic mass is 9.98. The summed E-state index contributed by atoms with van der Waals surface area (Å²) >= 11 is 0. The summed E-state index contributed by atoms with van der Waals surface area (Å²) in [7, 11) is 0. The lowest BCUT2D eigenvalue weighted by Gasteiger charge is -2.30. The maximum absolute atomic E-state index is 12.3. The molecule has 0 bridgehead atoms. The first-order valence-corrected chi connectivity index (χ1v) is 6.18. The van der Waals surface area contributed by atoms with Crippen LogP contribution in [0.4, 0.5) is 11.5 Å². The van der Waals surface area contributed by atoms with Gasteiger partial charge in [-0.2, -0.15) is 0 Å². The van der Waals surface area contributed by atoms with Gasteiger partial charge < -0.3 is 10.6 Å². The lowest BCUT2D eigenvalue weighted by Crippen LogP contribution is -2.38. The molecule has 0 saturated carbocycles. The highest BCUT2D eigenvalue weighted by molar-refractivity contribution is 5.98. The molecule has 7 heteroatoms. The third-order valence-corrected chi connectivity index (χ3v) is 3.40. The highest BCUT2D eigenvalue weighted by Crippen LogP contribution is 2.24. The Bertz CT molecular complexity index is 510. The van der Waals surface area contributed by atoms with Crippen LogP contribution in [0.15, 0.2) is 12.3 Å². The van der Waals surface area contributed by atoms with Gasteiger partial charge in [-0.3, -0.25) is 14.9 Å². The van der Waals surface area contributed by atoms with Gasteiger partial charge in [-0.1, -0.05) is 6.92 Å². The van der Waals surface area contributed by atoms with E-state index >= 15 is 0 Å². The number of hydrogen-bond acceptors (Lipinski definition) is 5. The van der Waals surface area contributed by atoms with Crippen molar-refractivity contribution in [3.05, 3.63) is 27.9 Å². The standard InChI is InChI=1S/C12H16N4O3/c1-8-2-4-15(5-3-8)12(17)9-6-11(13)14-7-10(9)16(18)19/h6-8H,2-5H2,1H3,(H2,13,14). The van der Waals surface area contributed by atoms with E-state index < -0.39 is 4.92 Å². The fraction of sp³-hybridized carbons (Fsp3) is 0.500. The summed E-state index contributed by atoms with van der Waals surface area (Å²) in [5, 5.41) is 10.9. The van der Waals surface area contributed by atoms with Crippen LogP contribution in [-0.2, 0) is 0 Å². The monoisotopic (exact) mass is 264 g/mol. The van der Waals surface area contributed by atoms with Gasteiger partial charge in [0.05, 0.1) is 4.92 Å². The van der Waals surface area contributed by atoms with E-state index in [1.807, 2.05) is 0 Å². The largest absolute Gasteiger partial charge is 0.384 e. The third kappa shape index (κ3) is 2.81. The minimum absolute atomic E-state index is 0.0204. The normalized spacial score (nSPS) is 16.4. The molecule has 0 radical (unpaired) electrons. The average Bonchev–Trinajstić information content (AvgIpc) is 2.38. The lowest BCUT2D eigenvalue weighted by molar-refractivity contribution is -0.385. The van der Waals surface area contributed by atoms with Crippen LogP contribution < -0.4 is 5.73 Å². The Morgan fingerprint density at radius 1 is 1.53 bits per heavy atom. The third-order valence-electron chi connectivity index (χ3n) is 3.40. The van der Waals surface area contributed by atoms with Crippen LogP contribution in [0.3, 0.4) is 0 Å². The predicted octanol–water partition coefficient (Wildman–Crippen LogP) is 1.44. The number of pyridine rings is 1. The quantitative estimate of drug-likeness (QED) is 0.643. The molecule has 0 atom stereocenters. The van der Waals surface area contributed by atoms with E-state index in [4.69, 9.17) is 5.73 Å². The van der Waals surface area contributed by atoms with Crippen LogP contribution in [-0.4, -0.2) is 33.8 Å². The topological polar surface area (TPSA) is 102 Å². The van der Waals surface area contributed by atoms with Gasteiger partial charge in [0, 0.05) is 13.1 Å². The first-order valence-electron chi connectivity index (χ1n) is 6.18. The summed E-state index contributed by atoms with van der Waals surface area (Å²) in [6.45, 7) is 3.38. The van der Waals surface area contributed by atoms with Crippen LogP contribution >= 0.6 is 0 Å². The van der Waals surface area contributed by atoms with Gasteiger partial charge in [-0.25, -0.2) is 4.98 Å². The number of carbonyl (C=O) groups excluding carboxylic acids is 1. The Hall–Kier alpha value is -2.18. The van der Waals surface area contributed by atoms with Gasteiger partial charge in [0.2, 0.25) is 0 Å². The molecule has 2 N–H and O–H groups in total. The number of amides is 1. The van der Waals surface area contributed by atoms with Gasteiger partial charge in [-0.15, -0.1) is 0 Å². The van der Waals surface area contributed by atoms with E-state index in [0.717, 1.165) is 19.0 Å². The zero-order valence-electron chi connectivity index (χ0n) is 10.7. The summed E-state index contributed by atoms with van der Waals surface area (Å²) in [5.74, 6) is 0.355. The number of carbonyl (C=O) groups is 1. The molecule has 7 nitrogen and oxygen atoms in total. The van der Waals surface area contributed by atoms with Crippen molar-refractivity contribution in [1.82, 2.24) is 9.88 Å². The Labute approximate surface area is 110 Å². The van der Waals surface area contributed by atoms with Crippen molar-refractivity contribution >= 4 is 17.4 Å². The van der Waals surface area contributed by atoms with E-state index in [1.165, 1.54) is 6.07 Å². The molecule has 2 heterocycles. The van der Waals surface area contributed by atoms with Crippen LogP contribution in [0, 0.1) is 16.0 Å². The van der Waals surface area contributed by atoms with Gasteiger partial charge >= 0.3 is 0 Å². The van der Waals surface area contributed by atoms with Crippen molar-refractivity contribution in [3.8, 4) is 0 Å². The van der Waals surface area contributed by atoms with Crippen molar-refractivity contribution in [2.75, 3.05) is 18.8 Å². The summed E-state index contributed by atoms with van der Waals surface area (Å²) in [5.41, 5.74) is 5.24. The number of nitro groups is 1. The number of nitrogen functional groups attached to an aromatic ring is 1. The molecular formula is C12H16N4O3. The zero-order chi connectivity index (χ0) is 14.0. The van der Waals surface area contributed by atoms with Crippen LogP contribution in [0.25, 0.3) is 0 Å². The number of nitrogens with two attached hydrogens (primary N) is 1. The second-order valence-corrected chi connectivity index (χ2v) is 4.86. The molecule has 1 amide bonds. The van der Waals surface area contributed by atoms with E-state index in [2.05, 4.69) is 11.9 Å². The fourth-order valence-corrected chi connectivity index (χ4v) is 2.16. The molecule has 1 saturated heterocycles. The maximum atomic E-state index is 12.3. The van der Waals surface area contributed by atoms with Gasteiger partial charge in [0.25, 0.3) is 11.6 Å². The fourth-order valence-electron chi connectivity index (χ4n) is 2.16. The van der Waals surface area contributed by atoms with Gasteiger partial charge in [-0.05, 0) is 24.8 Å². The summed E-state index contributed by atoms with van der Waals surface area (Å²) in [6.07, 6.45) is 2.87. The number of anilines is 1. The smallest absolute Gasteiger partial charge is 0.300 e. The van der Waals surface area contributed by atoms with E-state index in [9.17, 15) is 14.9 Å². The number of piperidine rings is 1. The van der Waals surface area contributed by atoms with Crippen LogP contribution in [0.2, 0.25) is 0 Å². The van der Waals surface area contributed by atoms with Crippen molar-refractivity contribution in [1.29, 1.82) is 0 Å². The molecule has 102 valence electrons. The molecule has 0 aromatic carbocycles. The van der Waals surface area contributed by atoms with E-state index in [-0.39, 0.29) is 23.0 Å². The van der Waals surface area contributed by atoms with E-state index in [0.29, 0.717) is 19.0 Å². The van der Waals surface area contributed by atoms with Gasteiger partial charge in [0.15, 0.2) is 0 Å². The number of hydrogen-bond donors (Lipinski definition) is 1. The van der Waals surface area contributed by atoms with Crippen molar-refractivity contribution < 1.29 is 9.72 Å². The maximum Gasteiger partial charge on any atom is 0.300 e. The molecule has 0 aliphatic carbocycles. The van der Waals surface area contributed by atoms with Crippen LogP contribution in [0.5, 0.6) is 0 Å². The summed E-state index contributed by atoms with van der Waals surface area (Å²) in [6, 6.07) is 1.28. The average molecular weight is 264 g/mol. The van der Waals surface area contributed by atoms with E-state index in [1.54, 1.807) is 4.90 Å². The summed E-state index contributed by atoms with van der Waals surface area (Å²) < 4.78 is 0. The van der Waals surface area contributed by atoms with Crippen LogP contribution in [0.1, 0.15) is 30.1 Å². The predicted molar refractivity (Wildman–Crippen MR) is 69.6 cm³/mol. The number of likely N-dealkylation sites (tertiary alicyclic amines) is 1. The molecule has 1 fully saturated rings. The molecular weight excluding hydrogens is 248 g/mol. The first kappa shape index (κ1) is 13.3. The molecule has 1 aliphatic heterocycles. The zero-order valence-corrected chi connectivity index (χ0v) is 10.7. The number of rotatable bonds is 2. The molecule has 1 aromatic rings. The van der Waals surface area contributed by atoms with Crippen molar-refractivity contribution in [2.24, 2.45) is 5.92 Å². The second-order valence-electron chi connectivity index (χ2n) is 4.86. The highest BCUT2D eigenvalue weighted by Gasteiger charge is 2.27. The molecule has 19 heavy (non-hydrogen) atoms. The second kappa shape index (κ2) is 5.21. The summed E-state index contributed by atoms with van der Waals surface area (Å²) in [4.78, 5) is 28.0. The molecule has 1 aliphatic rings. The Morgan fingerprint density at radius 3 is 2.74 bits per heavy atom. The highest BCUT2D eigenvalue weighted by atomic mass is 16.6. The molecule has 0 unspecified atom stereocenters. The molecule has 1 aromatic heterocycles. The number of nitrogens with zero attached hydrogens (tertiary/aromatic N) is 3. The van der Waals surface area contributed by atoms with Crippen molar-refractivity contribution in [2.45, 2.75) is 19.8 Å². The van der Waals surface area contributed by atoms with Crippen molar-refractivity contribution in [3.63, 3.8) is 0 Å².